The van der Waals surface area contributed by atoms with Gasteiger partial charge in [-0.15, -0.1) is 4.99 Å². The normalized spacial score (nSPS) is 12.5. The third-order valence-corrected chi connectivity index (χ3v) is 4.81. The van der Waals surface area contributed by atoms with Crippen molar-refractivity contribution < 1.29 is 4.57 Å². The van der Waals surface area contributed by atoms with Crippen LogP contribution in [0.4, 0.5) is 11.4 Å². The molecule has 138 valence electrons. The van der Waals surface area contributed by atoms with Crippen molar-refractivity contribution >= 4 is 23.0 Å². The lowest BCUT2D eigenvalue weighted by atomic mass is 10.1. The lowest BCUT2D eigenvalue weighted by molar-refractivity contribution is -0.555. The molecule has 27 heavy (non-hydrogen) atoms. The molecule has 1 heterocycles. The molecular weight excluding hydrogens is 332 g/mol. The fourth-order valence-electron chi connectivity index (χ4n) is 3.14. The van der Waals surface area contributed by atoms with Gasteiger partial charge in [0.05, 0.1) is 5.69 Å². The summed E-state index contributed by atoms with van der Waals surface area (Å²) in [5.41, 5.74) is 6.81. The number of hydrogen-bond acceptors (Lipinski definition) is 2. The Bertz CT molecular complexity index is 916. The Balaban J connectivity index is 1.92. The minimum Gasteiger partial charge on any atom is -0.224 e. The van der Waals surface area contributed by atoms with E-state index in [2.05, 4.69) is 64.1 Å². The van der Waals surface area contributed by atoms with Gasteiger partial charge in [-0.2, -0.15) is 0 Å². The highest BCUT2D eigenvalue weighted by atomic mass is 15.2. The van der Waals surface area contributed by atoms with Gasteiger partial charge in [0.15, 0.2) is 5.84 Å². The Labute approximate surface area is 161 Å². The summed E-state index contributed by atoms with van der Waals surface area (Å²) in [6.45, 7) is 12.4. The Kier molecular flexibility index (Phi) is 5.36. The third kappa shape index (κ3) is 4.05. The van der Waals surface area contributed by atoms with Gasteiger partial charge in [0, 0.05) is 13.8 Å². The number of aliphatic imine (C=N–C) groups is 2. The molecule has 0 bridgehead atoms. The number of hydrogen-bond donors (Lipinski definition) is 0. The second-order valence-corrected chi connectivity index (χ2v) is 7.03. The molecule has 0 amide bonds. The van der Waals surface area contributed by atoms with Crippen LogP contribution in [-0.2, 0) is 0 Å². The molecule has 0 atom stereocenters. The number of rotatable bonds is 2. The van der Waals surface area contributed by atoms with Crippen molar-refractivity contribution in [2.75, 3.05) is 0 Å². The zero-order valence-electron chi connectivity index (χ0n) is 17.0. The molecule has 4 heteroatoms. The van der Waals surface area contributed by atoms with Crippen molar-refractivity contribution in [3.05, 3.63) is 77.4 Å². The van der Waals surface area contributed by atoms with Crippen LogP contribution in [0.1, 0.15) is 36.1 Å². The summed E-state index contributed by atoms with van der Waals surface area (Å²) in [6.07, 6.45) is 6.03. The number of imidazole rings is 1. The third-order valence-electron chi connectivity index (χ3n) is 4.81. The van der Waals surface area contributed by atoms with Crippen LogP contribution in [0, 0.1) is 27.7 Å². The zero-order chi connectivity index (χ0) is 19.6. The maximum Gasteiger partial charge on any atom is 0.240 e. The lowest BCUT2D eigenvalue weighted by Gasteiger charge is -2.05. The molecule has 3 rings (SSSR count). The van der Waals surface area contributed by atoms with E-state index in [-0.39, 0.29) is 0 Å². The number of para-hydroxylation sites is 2. The Morgan fingerprint density at radius 3 is 1.78 bits per heavy atom. The van der Waals surface area contributed by atoms with Gasteiger partial charge in [-0.25, -0.2) is 14.1 Å². The minimum absolute atomic E-state index is 0.922. The minimum atomic E-state index is 0.922. The molecule has 3 aromatic rings. The Morgan fingerprint density at radius 2 is 1.26 bits per heavy atom. The predicted octanol–water partition coefficient (Wildman–Crippen LogP) is 5.21. The van der Waals surface area contributed by atoms with Crippen LogP contribution < -0.4 is 4.57 Å². The van der Waals surface area contributed by atoms with E-state index < -0.39 is 0 Å². The molecule has 0 radical (unpaired) electrons. The van der Waals surface area contributed by atoms with Crippen molar-refractivity contribution in [3.8, 4) is 0 Å². The Hall–Kier alpha value is -3.01. The van der Waals surface area contributed by atoms with Crippen LogP contribution >= 0.6 is 0 Å². The summed E-state index contributed by atoms with van der Waals surface area (Å²) >= 11 is 0. The number of aryl methyl sites for hydroxylation is 4. The topological polar surface area (TPSA) is 33.5 Å². The lowest BCUT2D eigenvalue weighted by Crippen LogP contribution is -2.38. The average molecular weight is 359 g/mol. The molecule has 4 nitrogen and oxygen atoms in total. The van der Waals surface area contributed by atoms with E-state index in [4.69, 9.17) is 9.98 Å². The summed E-state index contributed by atoms with van der Waals surface area (Å²) < 4.78 is 4.05. The molecular formula is C23H27N4+. The van der Waals surface area contributed by atoms with Crippen molar-refractivity contribution in [1.29, 1.82) is 0 Å². The molecule has 0 unspecified atom stereocenters. The first kappa shape index (κ1) is 18.8. The summed E-state index contributed by atoms with van der Waals surface area (Å²) in [5, 5.41) is 0. The van der Waals surface area contributed by atoms with E-state index in [9.17, 15) is 0 Å². The van der Waals surface area contributed by atoms with Gasteiger partial charge in [-0.3, -0.25) is 0 Å². The quantitative estimate of drug-likeness (QED) is 0.342. The highest BCUT2D eigenvalue weighted by Crippen LogP contribution is 2.24. The maximum absolute atomic E-state index is 4.84. The van der Waals surface area contributed by atoms with Crippen molar-refractivity contribution in [3.63, 3.8) is 0 Å². The van der Waals surface area contributed by atoms with Gasteiger partial charge in [-0.1, -0.05) is 36.4 Å². The van der Waals surface area contributed by atoms with Gasteiger partial charge in [0.25, 0.3) is 0 Å². The van der Waals surface area contributed by atoms with E-state index >= 15 is 0 Å². The smallest absolute Gasteiger partial charge is 0.224 e. The van der Waals surface area contributed by atoms with E-state index in [1.165, 1.54) is 22.3 Å². The standard InChI is InChI=1S/C23H27N4/c1-16-9-7-10-17(2)22(16)24-20(5)26-13-14-27(15-26)21(6)25-23-18(3)11-8-12-19(23)4/h7-15H,1-6H3/q+1. The first-order valence-corrected chi connectivity index (χ1v) is 9.20. The van der Waals surface area contributed by atoms with Crippen LogP contribution in [0.15, 0.2) is 65.1 Å². The fraction of sp³-hybridized carbons (Fsp3) is 0.261. The van der Waals surface area contributed by atoms with Gasteiger partial charge >= 0.3 is 0 Å². The largest absolute Gasteiger partial charge is 0.240 e. The van der Waals surface area contributed by atoms with E-state index in [1.807, 2.05) is 41.7 Å². The monoisotopic (exact) mass is 359 g/mol. The second kappa shape index (κ2) is 7.70. The SMILES string of the molecule is CC(=Nc1c(C)cccc1C)n1cc[n+](C(C)=Nc2c(C)cccc2C)c1. The molecule has 0 aliphatic heterocycles. The van der Waals surface area contributed by atoms with Gasteiger partial charge in [0.2, 0.25) is 12.2 Å². The number of aromatic nitrogens is 2. The van der Waals surface area contributed by atoms with Gasteiger partial charge < -0.3 is 0 Å². The Morgan fingerprint density at radius 1 is 0.778 bits per heavy atom. The molecule has 2 aromatic carbocycles. The number of benzene rings is 2. The van der Waals surface area contributed by atoms with E-state index in [0.717, 1.165) is 23.0 Å². The average Bonchev–Trinajstić information content (AvgIpc) is 3.12. The highest BCUT2D eigenvalue weighted by molar-refractivity contribution is 5.85. The van der Waals surface area contributed by atoms with E-state index in [1.54, 1.807) is 0 Å². The fourth-order valence-corrected chi connectivity index (χ4v) is 3.14. The predicted molar refractivity (Wildman–Crippen MR) is 113 cm³/mol. The van der Waals surface area contributed by atoms with Crippen LogP contribution in [0.2, 0.25) is 0 Å². The van der Waals surface area contributed by atoms with Crippen molar-refractivity contribution in [2.45, 2.75) is 41.5 Å². The first-order valence-electron chi connectivity index (χ1n) is 9.20. The maximum atomic E-state index is 4.84. The van der Waals surface area contributed by atoms with Crippen LogP contribution in [0.3, 0.4) is 0 Å². The van der Waals surface area contributed by atoms with Crippen molar-refractivity contribution in [1.82, 2.24) is 4.57 Å². The molecule has 1 aromatic heterocycles. The number of nitrogens with zero attached hydrogens (tertiary/aromatic N) is 4. The molecule has 0 spiro atoms. The van der Waals surface area contributed by atoms with Crippen LogP contribution in [0.5, 0.6) is 0 Å². The summed E-state index contributed by atoms with van der Waals surface area (Å²) in [5.74, 6) is 1.84. The van der Waals surface area contributed by atoms with Crippen molar-refractivity contribution in [2.24, 2.45) is 9.98 Å². The molecule has 0 N–H and O–H groups in total. The first-order chi connectivity index (χ1) is 12.9. The molecule has 0 aliphatic rings. The summed E-state index contributed by atoms with van der Waals surface area (Å²) in [4.78, 5) is 9.68. The summed E-state index contributed by atoms with van der Waals surface area (Å²) in [7, 11) is 0. The molecule has 0 aliphatic carbocycles. The van der Waals surface area contributed by atoms with Crippen LogP contribution in [-0.4, -0.2) is 16.2 Å². The van der Waals surface area contributed by atoms with Gasteiger partial charge in [-0.05, 0) is 49.9 Å². The van der Waals surface area contributed by atoms with Crippen LogP contribution in [0.25, 0.3) is 0 Å². The molecule has 0 saturated heterocycles. The molecule has 0 fully saturated rings. The summed E-state index contributed by atoms with van der Waals surface area (Å²) in [6, 6.07) is 12.5. The molecule has 0 saturated carbocycles. The second-order valence-electron chi connectivity index (χ2n) is 7.03. The highest BCUT2D eigenvalue weighted by Gasteiger charge is 2.12. The zero-order valence-corrected chi connectivity index (χ0v) is 17.0. The van der Waals surface area contributed by atoms with E-state index in [0.29, 0.717) is 0 Å². The van der Waals surface area contributed by atoms with Gasteiger partial charge in [0.1, 0.15) is 18.1 Å².